The van der Waals surface area contributed by atoms with Gasteiger partial charge < -0.3 is 0 Å². The van der Waals surface area contributed by atoms with Crippen molar-refractivity contribution < 1.29 is 0 Å². The first-order chi connectivity index (χ1) is 7.78. The number of hydrogen-bond acceptors (Lipinski definition) is 3. The zero-order valence-electron chi connectivity index (χ0n) is 8.52. The normalized spacial score (nSPS) is 15.2. The molecule has 2 aromatic heterocycles. The van der Waals surface area contributed by atoms with Gasteiger partial charge in [0.1, 0.15) is 16.8 Å². The number of halogens is 1. The molecule has 0 bridgehead atoms. The van der Waals surface area contributed by atoms with Gasteiger partial charge in [-0.15, -0.1) is 0 Å². The van der Waals surface area contributed by atoms with Gasteiger partial charge >= 0.3 is 0 Å². The number of nitriles is 1. The topological polar surface area (TPSA) is 54.0 Å². The molecule has 0 atom stereocenters. The summed E-state index contributed by atoms with van der Waals surface area (Å²) in [5, 5.41) is 13.5. The minimum Gasteiger partial charge on any atom is -0.218 e. The third-order valence-corrected chi connectivity index (χ3v) is 3.02. The summed E-state index contributed by atoms with van der Waals surface area (Å²) in [7, 11) is 0. The Balaban J connectivity index is 2.18. The Labute approximate surface area is 97.5 Å². The molecule has 2 heterocycles. The highest BCUT2D eigenvalue weighted by atomic mass is 35.5. The fraction of sp³-hybridized carbons (Fsp3) is 0.364. The molecule has 0 aliphatic heterocycles. The zero-order chi connectivity index (χ0) is 11.1. The summed E-state index contributed by atoms with van der Waals surface area (Å²) in [6, 6.07) is 3.90. The minimum absolute atomic E-state index is 0.431. The smallest absolute Gasteiger partial charge is 0.174 e. The molecular weight excluding hydrogens is 224 g/mol. The fourth-order valence-corrected chi connectivity index (χ4v) is 2.04. The van der Waals surface area contributed by atoms with E-state index in [1.54, 1.807) is 4.52 Å². The standard InChI is InChI=1S/C11H9ClN4/c12-10-4-9(3-7-1-2-7)16-11(15-10)8(5-13)6-14-16/h4,6-7H,1-3H2. The number of fused-ring (bicyclic) bond motifs is 1. The van der Waals surface area contributed by atoms with E-state index >= 15 is 0 Å². The van der Waals surface area contributed by atoms with Crippen LogP contribution in [-0.2, 0) is 6.42 Å². The van der Waals surface area contributed by atoms with E-state index in [4.69, 9.17) is 16.9 Å². The SMILES string of the molecule is N#Cc1cnn2c(CC3CC3)cc(Cl)nc12. The summed E-state index contributed by atoms with van der Waals surface area (Å²) >= 11 is 5.95. The summed E-state index contributed by atoms with van der Waals surface area (Å²) in [6.45, 7) is 0. The summed E-state index contributed by atoms with van der Waals surface area (Å²) in [6.07, 6.45) is 5.04. The molecule has 4 nitrogen and oxygen atoms in total. The molecule has 0 spiro atoms. The second-order valence-electron chi connectivity index (χ2n) is 4.12. The van der Waals surface area contributed by atoms with Crippen LogP contribution in [0.25, 0.3) is 5.65 Å². The van der Waals surface area contributed by atoms with Crippen LogP contribution in [0.4, 0.5) is 0 Å². The molecule has 1 aliphatic carbocycles. The van der Waals surface area contributed by atoms with Crippen LogP contribution < -0.4 is 0 Å². The van der Waals surface area contributed by atoms with Gasteiger partial charge in [0.15, 0.2) is 5.65 Å². The largest absolute Gasteiger partial charge is 0.218 e. The van der Waals surface area contributed by atoms with E-state index in [-0.39, 0.29) is 0 Å². The Hall–Kier alpha value is -1.60. The molecule has 0 amide bonds. The highest BCUT2D eigenvalue weighted by Gasteiger charge is 2.23. The van der Waals surface area contributed by atoms with Crippen molar-refractivity contribution in [2.24, 2.45) is 5.92 Å². The van der Waals surface area contributed by atoms with E-state index in [9.17, 15) is 0 Å². The summed E-state index contributed by atoms with van der Waals surface area (Å²) < 4.78 is 1.72. The minimum atomic E-state index is 0.431. The van der Waals surface area contributed by atoms with Crippen molar-refractivity contribution >= 4 is 17.2 Å². The second-order valence-corrected chi connectivity index (χ2v) is 4.51. The van der Waals surface area contributed by atoms with Crippen molar-refractivity contribution in [2.45, 2.75) is 19.3 Å². The number of rotatable bonds is 2. The maximum atomic E-state index is 8.91. The molecule has 16 heavy (non-hydrogen) atoms. The molecule has 80 valence electrons. The third-order valence-electron chi connectivity index (χ3n) is 2.83. The molecule has 0 radical (unpaired) electrons. The van der Waals surface area contributed by atoms with Gasteiger partial charge in [-0.3, -0.25) is 0 Å². The fourth-order valence-electron chi connectivity index (χ4n) is 1.83. The van der Waals surface area contributed by atoms with Gasteiger partial charge in [0.25, 0.3) is 0 Å². The van der Waals surface area contributed by atoms with E-state index in [1.807, 2.05) is 6.07 Å². The first-order valence-corrected chi connectivity index (χ1v) is 5.59. The Kier molecular flexibility index (Phi) is 2.08. The summed E-state index contributed by atoms with van der Waals surface area (Å²) in [5.74, 6) is 0.747. The van der Waals surface area contributed by atoms with Crippen LogP contribution in [0.5, 0.6) is 0 Å². The summed E-state index contributed by atoms with van der Waals surface area (Å²) in [5.41, 5.74) is 2.07. The van der Waals surface area contributed by atoms with Gasteiger partial charge in [-0.2, -0.15) is 10.4 Å². The van der Waals surface area contributed by atoms with Crippen LogP contribution in [0.2, 0.25) is 5.15 Å². The molecule has 5 heteroatoms. The third kappa shape index (κ3) is 1.54. The van der Waals surface area contributed by atoms with E-state index in [0.717, 1.165) is 18.0 Å². The van der Waals surface area contributed by atoms with Crippen molar-refractivity contribution in [1.82, 2.24) is 14.6 Å². The Morgan fingerprint density at radius 3 is 3.06 bits per heavy atom. The maximum Gasteiger partial charge on any atom is 0.174 e. The van der Waals surface area contributed by atoms with E-state index < -0.39 is 0 Å². The van der Waals surface area contributed by atoms with Crippen LogP contribution >= 0.6 is 11.6 Å². The van der Waals surface area contributed by atoms with E-state index in [0.29, 0.717) is 16.4 Å². The Bertz CT molecular complexity index is 592. The number of hydrogen-bond donors (Lipinski definition) is 0. The molecule has 0 N–H and O–H groups in total. The van der Waals surface area contributed by atoms with Crippen LogP contribution in [-0.4, -0.2) is 14.6 Å². The van der Waals surface area contributed by atoms with Crippen LogP contribution in [0.15, 0.2) is 12.3 Å². The van der Waals surface area contributed by atoms with Crippen molar-refractivity contribution in [2.75, 3.05) is 0 Å². The lowest BCUT2D eigenvalue weighted by Crippen LogP contribution is -2.02. The summed E-state index contributed by atoms with van der Waals surface area (Å²) in [4.78, 5) is 4.14. The van der Waals surface area contributed by atoms with Crippen molar-refractivity contribution in [3.63, 3.8) is 0 Å². The first kappa shape index (κ1) is 9.61. The lowest BCUT2D eigenvalue weighted by Gasteiger charge is -2.03. The molecule has 3 rings (SSSR count). The molecule has 2 aromatic rings. The Morgan fingerprint density at radius 2 is 2.38 bits per heavy atom. The van der Waals surface area contributed by atoms with E-state index in [1.165, 1.54) is 19.0 Å². The number of nitrogens with zero attached hydrogens (tertiary/aromatic N) is 4. The van der Waals surface area contributed by atoms with E-state index in [2.05, 4.69) is 16.2 Å². The van der Waals surface area contributed by atoms with Crippen LogP contribution in [0.1, 0.15) is 24.1 Å². The van der Waals surface area contributed by atoms with Gasteiger partial charge in [-0.25, -0.2) is 9.50 Å². The molecular formula is C11H9ClN4. The van der Waals surface area contributed by atoms with Crippen molar-refractivity contribution in [3.05, 3.63) is 28.7 Å². The average molecular weight is 233 g/mol. The van der Waals surface area contributed by atoms with Crippen molar-refractivity contribution in [3.8, 4) is 6.07 Å². The van der Waals surface area contributed by atoms with Gasteiger partial charge in [0.05, 0.1) is 6.20 Å². The molecule has 0 unspecified atom stereocenters. The van der Waals surface area contributed by atoms with Crippen molar-refractivity contribution in [1.29, 1.82) is 5.26 Å². The Morgan fingerprint density at radius 1 is 1.56 bits per heavy atom. The molecule has 0 aromatic carbocycles. The van der Waals surface area contributed by atoms with Gasteiger partial charge in [0.2, 0.25) is 0 Å². The highest BCUT2D eigenvalue weighted by molar-refractivity contribution is 6.29. The average Bonchev–Trinajstić information content (AvgIpc) is 2.96. The molecule has 0 saturated heterocycles. The van der Waals surface area contributed by atoms with Gasteiger partial charge in [0, 0.05) is 5.69 Å². The van der Waals surface area contributed by atoms with Crippen LogP contribution in [0, 0.1) is 17.2 Å². The molecule has 1 aliphatic rings. The quantitative estimate of drug-likeness (QED) is 0.746. The van der Waals surface area contributed by atoms with Gasteiger partial charge in [-0.1, -0.05) is 11.6 Å². The predicted octanol–water partition coefficient (Wildman–Crippen LogP) is 2.21. The zero-order valence-corrected chi connectivity index (χ0v) is 9.28. The highest BCUT2D eigenvalue weighted by Crippen LogP contribution is 2.33. The monoisotopic (exact) mass is 232 g/mol. The number of aromatic nitrogens is 3. The maximum absolute atomic E-state index is 8.91. The lowest BCUT2D eigenvalue weighted by atomic mass is 10.2. The van der Waals surface area contributed by atoms with Gasteiger partial charge in [-0.05, 0) is 31.2 Å². The second kappa shape index (κ2) is 3.46. The van der Waals surface area contributed by atoms with Crippen LogP contribution in [0.3, 0.4) is 0 Å². The first-order valence-electron chi connectivity index (χ1n) is 5.21. The molecule has 1 saturated carbocycles. The predicted molar refractivity (Wildman–Crippen MR) is 59.1 cm³/mol. The lowest BCUT2D eigenvalue weighted by molar-refractivity contribution is 0.750. The molecule has 1 fully saturated rings.